The number of benzene rings is 1. The molecule has 9 nitrogen and oxygen atoms in total. The monoisotopic (exact) mass is 426 g/mol. The number of para-hydroxylation sites is 2. The Labute approximate surface area is 172 Å². The molecule has 0 saturated carbocycles. The minimum atomic E-state index is -3.12. The molecule has 154 valence electrons. The molecule has 1 atom stereocenters. The van der Waals surface area contributed by atoms with E-state index in [1.54, 1.807) is 35.9 Å². The average molecular weight is 426 g/mol. The van der Waals surface area contributed by atoms with Gasteiger partial charge in [-0.2, -0.15) is 5.10 Å². The van der Waals surface area contributed by atoms with E-state index in [1.165, 1.54) is 13.3 Å². The number of nitrogens with zero attached hydrogens (tertiary/aromatic N) is 4. The maximum absolute atomic E-state index is 13.4. The molecule has 2 aliphatic heterocycles. The van der Waals surface area contributed by atoms with Crippen molar-refractivity contribution in [3.05, 3.63) is 47.3 Å². The van der Waals surface area contributed by atoms with Crippen molar-refractivity contribution in [3.63, 3.8) is 0 Å². The summed E-state index contributed by atoms with van der Waals surface area (Å²) in [5.74, 6) is -0.470. The van der Waals surface area contributed by atoms with Crippen LogP contribution in [0, 0.1) is 6.92 Å². The number of aromatic nitrogens is 3. The van der Waals surface area contributed by atoms with Crippen LogP contribution in [0.2, 0.25) is 0 Å². The Kier molecular flexibility index (Phi) is 3.97. The van der Waals surface area contributed by atoms with E-state index >= 15 is 0 Å². The fourth-order valence-corrected chi connectivity index (χ4v) is 5.93. The number of hydrogen-bond acceptors (Lipinski definition) is 7. The molecular weight excluding hydrogens is 408 g/mol. The van der Waals surface area contributed by atoms with Gasteiger partial charge in [-0.3, -0.25) is 9.59 Å². The van der Waals surface area contributed by atoms with Gasteiger partial charge in [-0.05, 0) is 25.5 Å². The number of aryl methyl sites for hydroxylation is 1. The molecule has 0 spiro atoms. The predicted octanol–water partition coefficient (Wildman–Crippen LogP) is 1.91. The third-order valence-corrected chi connectivity index (χ3v) is 7.38. The number of imide groups is 1. The Morgan fingerprint density at radius 2 is 1.93 bits per heavy atom. The molecule has 2 aliphatic rings. The van der Waals surface area contributed by atoms with Crippen LogP contribution in [0.25, 0.3) is 11.0 Å². The first kappa shape index (κ1) is 18.7. The Hall–Kier alpha value is -3.27. The van der Waals surface area contributed by atoms with E-state index in [4.69, 9.17) is 4.74 Å². The van der Waals surface area contributed by atoms with Gasteiger partial charge in [0.25, 0.3) is 11.8 Å². The molecule has 30 heavy (non-hydrogen) atoms. The first-order valence-electron chi connectivity index (χ1n) is 9.42. The molecule has 1 saturated heterocycles. The number of rotatable bonds is 3. The van der Waals surface area contributed by atoms with Gasteiger partial charge in [-0.15, -0.1) is 0 Å². The lowest BCUT2D eigenvalue weighted by Gasteiger charge is -2.16. The third-order valence-electron chi connectivity index (χ3n) is 5.63. The SMILES string of the molecule is COc1ccccc1N1C(=O)c2cnc3c(c(C)nn3C3CCS(=O)(=O)C3)c2C1=O. The minimum Gasteiger partial charge on any atom is -0.495 e. The molecule has 2 aromatic heterocycles. The maximum Gasteiger partial charge on any atom is 0.267 e. The zero-order valence-electron chi connectivity index (χ0n) is 16.3. The van der Waals surface area contributed by atoms with E-state index in [1.807, 2.05) is 0 Å². The van der Waals surface area contributed by atoms with Crippen LogP contribution in [0.4, 0.5) is 5.69 Å². The molecule has 1 unspecified atom stereocenters. The number of carbonyl (C=O) groups is 2. The van der Waals surface area contributed by atoms with Crippen LogP contribution in [-0.2, 0) is 9.84 Å². The number of sulfone groups is 1. The zero-order valence-corrected chi connectivity index (χ0v) is 17.1. The van der Waals surface area contributed by atoms with Crippen molar-refractivity contribution in [3.8, 4) is 5.75 Å². The standard InChI is InChI=1S/C20H18N4O5S/c1-11-16-17-13(9-21-18(16)24(22-11)12-7-8-30(27,28)10-12)19(25)23(20(17)26)14-5-3-4-6-15(14)29-2/h3-6,9,12H,7-8,10H2,1-2H3. The molecule has 1 fully saturated rings. The lowest BCUT2D eigenvalue weighted by atomic mass is 10.1. The Morgan fingerprint density at radius 3 is 2.63 bits per heavy atom. The quantitative estimate of drug-likeness (QED) is 0.588. The summed E-state index contributed by atoms with van der Waals surface area (Å²) in [5.41, 5.74) is 1.73. The summed E-state index contributed by atoms with van der Waals surface area (Å²) < 4.78 is 30.7. The molecule has 0 bridgehead atoms. The number of pyridine rings is 1. The summed E-state index contributed by atoms with van der Waals surface area (Å²) in [6, 6.07) is 6.46. The van der Waals surface area contributed by atoms with Crippen molar-refractivity contribution in [2.24, 2.45) is 0 Å². The smallest absolute Gasteiger partial charge is 0.267 e. The number of hydrogen-bond donors (Lipinski definition) is 0. The summed E-state index contributed by atoms with van der Waals surface area (Å²) in [5, 5.41) is 4.97. The average Bonchev–Trinajstić information content (AvgIpc) is 3.34. The summed E-state index contributed by atoms with van der Waals surface area (Å²) >= 11 is 0. The van der Waals surface area contributed by atoms with Gasteiger partial charge in [0.15, 0.2) is 15.5 Å². The largest absolute Gasteiger partial charge is 0.495 e. The van der Waals surface area contributed by atoms with Gasteiger partial charge in [0.1, 0.15) is 5.75 Å². The molecule has 5 rings (SSSR count). The number of methoxy groups -OCH3 is 1. The van der Waals surface area contributed by atoms with Crippen LogP contribution in [0.15, 0.2) is 30.5 Å². The van der Waals surface area contributed by atoms with Crippen LogP contribution in [0.3, 0.4) is 0 Å². The van der Waals surface area contributed by atoms with E-state index in [0.717, 1.165) is 4.90 Å². The van der Waals surface area contributed by atoms with Crippen LogP contribution in [0.1, 0.15) is 38.9 Å². The Morgan fingerprint density at radius 1 is 1.17 bits per heavy atom. The summed E-state index contributed by atoms with van der Waals surface area (Å²) in [6.45, 7) is 1.73. The van der Waals surface area contributed by atoms with Crippen molar-refractivity contribution >= 4 is 38.4 Å². The van der Waals surface area contributed by atoms with Crippen molar-refractivity contribution in [2.45, 2.75) is 19.4 Å². The molecular formula is C20H18N4O5S. The fraction of sp³-hybridized carbons (Fsp3) is 0.300. The highest BCUT2D eigenvalue weighted by Crippen LogP contribution is 2.38. The predicted molar refractivity (Wildman–Crippen MR) is 109 cm³/mol. The zero-order chi connectivity index (χ0) is 21.2. The van der Waals surface area contributed by atoms with Crippen LogP contribution < -0.4 is 9.64 Å². The van der Waals surface area contributed by atoms with Crippen molar-refractivity contribution < 1.29 is 22.7 Å². The highest BCUT2D eigenvalue weighted by atomic mass is 32.2. The second-order valence-electron chi connectivity index (χ2n) is 7.45. The molecule has 3 aromatic rings. The number of ether oxygens (including phenoxy) is 1. The highest BCUT2D eigenvalue weighted by Gasteiger charge is 2.41. The molecule has 2 amide bonds. The molecule has 10 heteroatoms. The van der Waals surface area contributed by atoms with Gasteiger partial charge >= 0.3 is 0 Å². The van der Waals surface area contributed by atoms with Gasteiger partial charge in [-0.1, -0.05) is 12.1 Å². The second kappa shape index (κ2) is 6.36. The third kappa shape index (κ3) is 2.56. The van der Waals surface area contributed by atoms with Gasteiger partial charge < -0.3 is 4.74 Å². The van der Waals surface area contributed by atoms with Crippen LogP contribution >= 0.6 is 0 Å². The second-order valence-corrected chi connectivity index (χ2v) is 9.68. The van der Waals surface area contributed by atoms with Gasteiger partial charge in [-0.25, -0.2) is 23.0 Å². The van der Waals surface area contributed by atoms with Gasteiger partial charge in [0.2, 0.25) is 0 Å². The fourth-order valence-electron chi connectivity index (χ4n) is 4.24. The number of fused-ring (bicyclic) bond motifs is 3. The maximum atomic E-state index is 13.4. The van der Waals surface area contributed by atoms with Crippen molar-refractivity contribution in [1.82, 2.24) is 14.8 Å². The Bertz CT molecular complexity index is 1340. The molecule has 0 radical (unpaired) electrons. The number of amides is 2. The highest BCUT2D eigenvalue weighted by molar-refractivity contribution is 7.91. The summed E-state index contributed by atoms with van der Waals surface area (Å²) in [7, 11) is -1.65. The topological polar surface area (TPSA) is 111 Å². The number of anilines is 1. The van der Waals surface area contributed by atoms with E-state index in [2.05, 4.69) is 10.1 Å². The normalized spacial score (nSPS) is 20.2. The van der Waals surface area contributed by atoms with E-state index in [0.29, 0.717) is 34.6 Å². The summed E-state index contributed by atoms with van der Waals surface area (Å²) in [6.07, 6.45) is 1.81. The first-order valence-corrected chi connectivity index (χ1v) is 11.2. The van der Waals surface area contributed by atoms with Crippen molar-refractivity contribution in [2.75, 3.05) is 23.5 Å². The minimum absolute atomic E-state index is 0.0117. The summed E-state index contributed by atoms with van der Waals surface area (Å²) in [4.78, 5) is 31.9. The van der Waals surface area contributed by atoms with E-state index < -0.39 is 21.7 Å². The van der Waals surface area contributed by atoms with Crippen molar-refractivity contribution in [1.29, 1.82) is 0 Å². The molecule has 0 aliphatic carbocycles. The molecule has 1 aromatic carbocycles. The number of carbonyl (C=O) groups excluding carboxylic acids is 2. The molecule has 4 heterocycles. The van der Waals surface area contributed by atoms with Gasteiger partial charge in [0, 0.05) is 6.20 Å². The first-order chi connectivity index (χ1) is 14.3. The van der Waals surface area contributed by atoms with E-state index in [-0.39, 0.29) is 28.7 Å². The lowest BCUT2D eigenvalue weighted by Crippen LogP contribution is -2.29. The van der Waals surface area contributed by atoms with Crippen LogP contribution in [-0.4, -0.2) is 53.6 Å². The van der Waals surface area contributed by atoms with E-state index in [9.17, 15) is 18.0 Å². The Balaban J connectivity index is 1.67. The van der Waals surface area contributed by atoms with Gasteiger partial charge in [0.05, 0.1) is 52.6 Å². The van der Waals surface area contributed by atoms with Crippen LogP contribution in [0.5, 0.6) is 5.75 Å². The lowest BCUT2D eigenvalue weighted by molar-refractivity contribution is 0.0925. The molecule has 0 N–H and O–H groups in total.